The number of halogens is 2. The lowest BCUT2D eigenvalue weighted by Crippen LogP contribution is -2.19. The van der Waals surface area contributed by atoms with Crippen LogP contribution >= 0.6 is 24.8 Å². The zero-order chi connectivity index (χ0) is 22.7. The minimum atomic E-state index is -0.958. The summed E-state index contributed by atoms with van der Waals surface area (Å²) in [5.41, 5.74) is 8.63. The summed E-state index contributed by atoms with van der Waals surface area (Å²) in [5.74, 6) is -0.418. The smallest absolute Gasteiger partial charge is 0.323 e. The molecule has 2 heterocycles. The molecule has 0 amide bonds. The molecule has 3 aromatic rings. The van der Waals surface area contributed by atoms with Gasteiger partial charge in [-0.05, 0) is 54.6 Å². The van der Waals surface area contributed by atoms with Crippen LogP contribution in [-0.2, 0) is 17.8 Å². The number of nitrogen functional groups attached to an aromatic ring is 1. The molecule has 10 heteroatoms. The van der Waals surface area contributed by atoms with E-state index in [1.54, 1.807) is 16.7 Å². The maximum absolute atomic E-state index is 11.5. The zero-order valence-corrected chi connectivity index (χ0v) is 20.2. The first-order valence-corrected chi connectivity index (χ1v) is 10.7. The summed E-state index contributed by atoms with van der Waals surface area (Å²) in [5, 5.41) is 31.4. The van der Waals surface area contributed by atoms with E-state index in [1.165, 1.54) is 0 Å². The first-order chi connectivity index (χ1) is 15.4. The van der Waals surface area contributed by atoms with Gasteiger partial charge in [0.1, 0.15) is 24.2 Å². The highest BCUT2D eigenvalue weighted by molar-refractivity contribution is 5.99. The van der Waals surface area contributed by atoms with Crippen LogP contribution in [0.15, 0.2) is 48.5 Å². The Bertz CT molecular complexity index is 1130. The monoisotopic (exact) mass is 508 g/mol. The molecule has 1 aliphatic rings. The van der Waals surface area contributed by atoms with Crippen molar-refractivity contribution in [2.24, 2.45) is 5.73 Å². The van der Waals surface area contributed by atoms with E-state index >= 15 is 0 Å². The van der Waals surface area contributed by atoms with E-state index < -0.39 is 5.97 Å². The van der Waals surface area contributed by atoms with Crippen molar-refractivity contribution in [1.29, 1.82) is 5.41 Å². The lowest BCUT2D eigenvalue weighted by Gasteiger charge is -2.18. The number of carbonyl (C=O) groups is 1. The van der Waals surface area contributed by atoms with E-state index in [-0.39, 0.29) is 55.8 Å². The Morgan fingerprint density at radius 3 is 2.53 bits per heavy atom. The Morgan fingerprint density at radius 1 is 1.21 bits per heavy atom. The largest absolute Gasteiger partial charge is 0.489 e. The number of aliphatic hydroxyl groups excluding tert-OH is 1. The van der Waals surface area contributed by atoms with Crippen molar-refractivity contribution >= 4 is 47.5 Å². The number of carboxylic acid groups (broad SMARTS) is 1. The molecule has 6 N–H and O–H groups in total. The van der Waals surface area contributed by atoms with Crippen LogP contribution in [0.2, 0.25) is 0 Å². The summed E-state index contributed by atoms with van der Waals surface area (Å²) < 4.78 is 7.69. The number of hydrogen-bond acceptors (Lipinski definition) is 5. The minimum absolute atomic E-state index is 0. The van der Waals surface area contributed by atoms with Gasteiger partial charge >= 0.3 is 5.97 Å². The van der Waals surface area contributed by atoms with Crippen molar-refractivity contribution < 1.29 is 19.7 Å². The molecule has 34 heavy (non-hydrogen) atoms. The number of hydrogen-bond donors (Lipinski definition) is 5. The Kier molecular flexibility index (Phi) is 9.76. The number of fused-ring (bicyclic) bond motifs is 1. The van der Waals surface area contributed by atoms with E-state index in [1.807, 2.05) is 36.4 Å². The Labute approximate surface area is 210 Å². The molecule has 1 aromatic heterocycles. The van der Waals surface area contributed by atoms with Gasteiger partial charge in [0, 0.05) is 29.2 Å². The molecule has 1 fully saturated rings. The molecule has 1 saturated heterocycles. The summed E-state index contributed by atoms with van der Waals surface area (Å²) in [6, 6.07) is 15.0. The average Bonchev–Trinajstić information content (AvgIpc) is 3.40. The number of aliphatic carboxylic acids is 1. The third-order valence-electron chi connectivity index (χ3n) is 5.94. The molecular weight excluding hydrogens is 479 g/mol. The molecule has 2 atom stereocenters. The fourth-order valence-electron chi connectivity index (χ4n) is 4.25. The molecule has 1 aliphatic heterocycles. The van der Waals surface area contributed by atoms with Crippen molar-refractivity contribution in [2.75, 3.05) is 19.7 Å². The predicted octanol–water partition coefficient (Wildman–Crippen LogP) is 2.91. The van der Waals surface area contributed by atoms with Crippen molar-refractivity contribution in [3.8, 4) is 5.75 Å². The van der Waals surface area contributed by atoms with Crippen LogP contribution in [0.3, 0.4) is 0 Å². The molecule has 0 spiro atoms. The van der Waals surface area contributed by atoms with E-state index in [0.717, 1.165) is 41.9 Å². The molecule has 0 bridgehead atoms. The molecule has 8 nitrogen and oxygen atoms in total. The number of aromatic nitrogens is 1. The van der Waals surface area contributed by atoms with Gasteiger partial charge in [-0.1, -0.05) is 24.3 Å². The fraction of sp³-hybridized carbons (Fsp3) is 0.333. The predicted molar refractivity (Wildman–Crippen MR) is 137 cm³/mol. The average molecular weight is 509 g/mol. The summed E-state index contributed by atoms with van der Waals surface area (Å²) in [7, 11) is 0. The number of nitrogens with one attached hydrogen (secondary N) is 2. The van der Waals surface area contributed by atoms with Crippen LogP contribution in [0.4, 0.5) is 0 Å². The highest BCUT2D eigenvalue weighted by Gasteiger charge is 2.19. The van der Waals surface area contributed by atoms with Gasteiger partial charge in [-0.2, -0.15) is 0 Å². The first kappa shape index (κ1) is 27.5. The highest BCUT2D eigenvalue weighted by Crippen LogP contribution is 2.28. The van der Waals surface area contributed by atoms with E-state index in [4.69, 9.17) is 15.9 Å². The SMILES string of the molecule is Cl.Cl.N=C(N)c1ccc2cc(CC(CO)c3ccc(O[C@H]4CCNC4)cc3)n(CC(=O)O)c2c1. The van der Waals surface area contributed by atoms with Crippen LogP contribution < -0.4 is 15.8 Å². The molecule has 184 valence electrons. The zero-order valence-electron chi connectivity index (χ0n) is 18.6. The second-order valence-electron chi connectivity index (χ2n) is 8.19. The van der Waals surface area contributed by atoms with E-state index in [2.05, 4.69) is 5.32 Å². The number of amidine groups is 1. The number of rotatable bonds is 9. The van der Waals surface area contributed by atoms with Gasteiger partial charge in [-0.25, -0.2) is 0 Å². The Morgan fingerprint density at radius 2 is 1.94 bits per heavy atom. The number of carboxylic acids is 1. The Balaban J connectivity index is 0.00000204. The van der Waals surface area contributed by atoms with Crippen LogP contribution in [0.25, 0.3) is 10.9 Å². The summed E-state index contributed by atoms with van der Waals surface area (Å²) in [6.07, 6.45) is 1.64. The van der Waals surface area contributed by atoms with Crippen molar-refractivity contribution in [3.63, 3.8) is 0 Å². The number of aliphatic hydroxyl groups is 1. The van der Waals surface area contributed by atoms with E-state index in [0.29, 0.717) is 17.5 Å². The maximum atomic E-state index is 11.5. The molecule has 0 aliphatic carbocycles. The molecule has 0 saturated carbocycles. The molecule has 4 rings (SSSR count). The van der Waals surface area contributed by atoms with Crippen molar-refractivity contribution in [2.45, 2.75) is 31.4 Å². The topological polar surface area (TPSA) is 134 Å². The Hall–Kier alpha value is -2.78. The molecular formula is C24H30Cl2N4O4. The van der Waals surface area contributed by atoms with Gasteiger partial charge < -0.3 is 30.6 Å². The van der Waals surface area contributed by atoms with Gasteiger partial charge in [0.15, 0.2) is 0 Å². The summed E-state index contributed by atoms with van der Waals surface area (Å²) in [6.45, 7) is 1.54. The van der Waals surface area contributed by atoms with Gasteiger partial charge in [0.25, 0.3) is 0 Å². The second kappa shape index (κ2) is 12.1. The van der Waals surface area contributed by atoms with Crippen molar-refractivity contribution in [1.82, 2.24) is 9.88 Å². The normalized spacial score (nSPS) is 15.9. The van der Waals surface area contributed by atoms with Crippen LogP contribution in [-0.4, -0.2) is 52.4 Å². The van der Waals surface area contributed by atoms with Crippen LogP contribution in [0.1, 0.15) is 29.2 Å². The third-order valence-corrected chi connectivity index (χ3v) is 5.94. The summed E-state index contributed by atoms with van der Waals surface area (Å²) in [4.78, 5) is 11.5. The highest BCUT2D eigenvalue weighted by atomic mass is 35.5. The number of nitrogens with two attached hydrogens (primary N) is 1. The van der Waals surface area contributed by atoms with E-state index in [9.17, 15) is 15.0 Å². The third kappa shape index (κ3) is 6.21. The van der Waals surface area contributed by atoms with Gasteiger partial charge in [0.05, 0.1) is 6.61 Å². The maximum Gasteiger partial charge on any atom is 0.323 e. The molecule has 1 unspecified atom stereocenters. The van der Waals surface area contributed by atoms with Gasteiger partial charge in [-0.15, -0.1) is 24.8 Å². The van der Waals surface area contributed by atoms with Crippen LogP contribution in [0, 0.1) is 5.41 Å². The van der Waals surface area contributed by atoms with Crippen LogP contribution in [0.5, 0.6) is 5.75 Å². The lowest BCUT2D eigenvalue weighted by molar-refractivity contribution is -0.137. The lowest BCUT2D eigenvalue weighted by atomic mass is 9.95. The number of nitrogens with zero attached hydrogens (tertiary/aromatic N) is 1. The second-order valence-corrected chi connectivity index (χ2v) is 8.19. The van der Waals surface area contributed by atoms with Gasteiger partial charge in [0.2, 0.25) is 0 Å². The number of benzene rings is 2. The molecule has 0 radical (unpaired) electrons. The quantitative estimate of drug-likeness (QED) is 0.223. The summed E-state index contributed by atoms with van der Waals surface area (Å²) >= 11 is 0. The van der Waals surface area contributed by atoms with Gasteiger partial charge in [-0.3, -0.25) is 10.2 Å². The minimum Gasteiger partial charge on any atom is -0.489 e. The first-order valence-electron chi connectivity index (χ1n) is 10.7. The molecule has 2 aromatic carbocycles. The number of ether oxygens (including phenoxy) is 1. The standard InChI is InChI=1S/C24H28N4O4.2ClH/c25-24(26)17-2-1-16-9-19(28(13-23(30)31)22(16)11-17)10-18(14-29)15-3-5-20(6-4-15)32-21-7-8-27-12-21;;/h1-6,9,11,18,21,27,29H,7-8,10,12-14H2,(H3,25,26)(H,30,31);2*1H/t18?,21-;;/m0../s1. The van der Waals surface area contributed by atoms with Crippen molar-refractivity contribution in [3.05, 3.63) is 65.4 Å². The fourth-order valence-corrected chi connectivity index (χ4v) is 4.25.